The minimum absolute atomic E-state index is 0.0344. The minimum atomic E-state index is 0.0344. The number of rotatable bonds is 4. The van der Waals surface area contributed by atoms with Crippen molar-refractivity contribution in [2.75, 3.05) is 18.9 Å². The summed E-state index contributed by atoms with van der Waals surface area (Å²) in [6, 6.07) is 6.11. The Morgan fingerprint density at radius 2 is 1.95 bits per heavy atom. The van der Waals surface area contributed by atoms with Crippen LogP contribution in [0.5, 0.6) is 0 Å². The maximum Gasteiger partial charge on any atom is 0.238 e. The van der Waals surface area contributed by atoms with Crippen LogP contribution in [0.4, 0.5) is 5.69 Å². The van der Waals surface area contributed by atoms with Crippen LogP contribution in [-0.2, 0) is 4.79 Å². The van der Waals surface area contributed by atoms with E-state index in [9.17, 15) is 4.79 Å². The molecule has 2 rings (SSSR count). The first-order valence-electron chi connectivity index (χ1n) is 7.82. The predicted octanol–water partition coefficient (Wildman–Crippen LogP) is 4.24. The average Bonchev–Trinajstić information content (AvgIpc) is 2.72. The number of hydrogen-bond acceptors (Lipinski definition) is 2. The van der Waals surface area contributed by atoms with Gasteiger partial charge in [0.15, 0.2) is 0 Å². The second kappa shape index (κ2) is 7.81. The van der Waals surface area contributed by atoms with Crippen molar-refractivity contribution in [1.29, 1.82) is 0 Å². The normalized spacial score (nSPS) is 16.8. The molecule has 1 aliphatic carbocycles. The minimum Gasteiger partial charge on any atom is -0.325 e. The van der Waals surface area contributed by atoms with Gasteiger partial charge >= 0.3 is 0 Å². The van der Waals surface area contributed by atoms with Crippen LogP contribution in [0.1, 0.15) is 44.1 Å². The number of anilines is 1. The number of likely N-dealkylation sites (N-methyl/N-ethyl adjacent to an activating group) is 1. The van der Waals surface area contributed by atoms with E-state index in [1.807, 2.05) is 19.1 Å². The van der Waals surface area contributed by atoms with E-state index in [0.29, 0.717) is 17.6 Å². The Hall–Kier alpha value is -1.06. The Labute approximate surface area is 132 Å². The molecule has 0 bridgehead atoms. The van der Waals surface area contributed by atoms with Crippen molar-refractivity contribution in [3.63, 3.8) is 0 Å². The zero-order valence-electron chi connectivity index (χ0n) is 13.0. The Morgan fingerprint density at radius 3 is 2.62 bits per heavy atom. The standard InChI is InChI=1S/C17H25ClN2O/c1-13-9-10-14(18)11-16(13)19-17(21)12-20(2)15-7-5-3-4-6-8-15/h9-11,15H,3-8,12H2,1-2H3,(H,19,21). The van der Waals surface area contributed by atoms with Gasteiger partial charge in [-0.3, -0.25) is 9.69 Å². The highest BCUT2D eigenvalue weighted by Crippen LogP contribution is 2.22. The third kappa shape index (κ3) is 5.01. The molecule has 1 aromatic rings. The molecular formula is C17H25ClN2O. The summed E-state index contributed by atoms with van der Waals surface area (Å²) >= 11 is 5.98. The maximum absolute atomic E-state index is 12.2. The van der Waals surface area contributed by atoms with E-state index in [1.165, 1.54) is 38.5 Å². The van der Waals surface area contributed by atoms with Crippen LogP contribution in [0.15, 0.2) is 18.2 Å². The van der Waals surface area contributed by atoms with Gasteiger partial charge in [-0.25, -0.2) is 0 Å². The van der Waals surface area contributed by atoms with Crippen LogP contribution in [0.2, 0.25) is 5.02 Å². The van der Waals surface area contributed by atoms with Crippen LogP contribution in [-0.4, -0.2) is 30.4 Å². The SMILES string of the molecule is Cc1ccc(Cl)cc1NC(=O)CN(C)C1CCCCCC1. The molecule has 0 heterocycles. The number of carbonyl (C=O) groups excluding carboxylic acids is 1. The molecule has 4 heteroatoms. The Balaban J connectivity index is 1.89. The lowest BCUT2D eigenvalue weighted by Gasteiger charge is -2.26. The summed E-state index contributed by atoms with van der Waals surface area (Å²) in [5.74, 6) is 0.0344. The molecule has 1 N–H and O–H groups in total. The van der Waals surface area contributed by atoms with E-state index in [4.69, 9.17) is 11.6 Å². The Morgan fingerprint density at radius 1 is 1.29 bits per heavy atom. The molecule has 0 saturated heterocycles. The fourth-order valence-corrected chi connectivity index (χ4v) is 3.14. The third-order valence-electron chi connectivity index (χ3n) is 4.31. The van der Waals surface area contributed by atoms with E-state index in [-0.39, 0.29) is 5.91 Å². The summed E-state index contributed by atoms with van der Waals surface area (Å²) in [4.78, 5) is 14.4. The van der Waals surface area contributed by atoms with Crippen molar-refractivity contribution in [1.82, 2.24) is 4.90 Å². The van der Waals surface area contributed by atoms with Crippen molar-refractivity contribution in [2.24, 2.45) is 0 Å². The monoisotopic (exact) mass is 308 g/mol. The van der Waals surface area contributed by atoms with Gasteiger partial charge in [0, 0.05) is 16.8 Å². The topological polar surface area (TPSA) is 32.3 Å². The first-order valence-corrected chi connectivity index (χ1v) is 8.20. The van der Waals surface area contributed by atoms with Crippen LogP contribution in [0.3, 0.4) is 0 Å². The summed E-state index contributed by atoms with van der Waals surface area (Å²) in [6.45, 7) is 2.41. The van der Waals surface area contributed by atoms with E-state index >= 15 is 0 Å². The molecule has 0 aromatic heterocycles. The van der Waals surface area contributed by atoms with Gasteiger partial charge in [-0.15, -0.1) is 0 Å². The van der Waals surface area contributed by atoms with Crippen molar-refractivity contribution < 1.29 is 4.79 Å². The average molecular weight is 309 g/mol. The van der Waals surface area contributed by atoms with E-state index in [0.717, 1.165) is 11.3 Å². The third-order valence-corrected chi connectivity index (χ3v) is 4.55. The summed E-state index contributed by atoms with van der Waals surface area (Å²) in [5.41, 5.74) is 1.84. The lowest BCUT2D eigenvalue weighted by atomic mass is 10.1. The Kier molecular flexibility index (Phi) is 6.07. The zero-order valence-corrected chi connectivity index (χ0v) is 13.7. The van der Waals surface area contributed by atoms with Crippen molar-refractivity contribution in [3.05, 3.63) is 28.8 Å². The molecule has 1 amide bonds. The smallest absolute Gasteiger partial charge is 0.238 e. The van der Waals surface area contributed by atoms with Crippen molar-refractivity contribution in [2.45, 2.75) is 51.5 Å². The highest BCUT2D eigenvalue weighted by Gasteiger charge is 2.19. The number of benzene rings is 1. The molecular weight excluding hydrogens is 284 g/mol. The summed E-state index contributed by atoms with van der Waals surface area (Å²) in [6.07, 6.45) is 7.64. The Bertz CT molecular complexity index is 482. The molecule has 1 aliphatic rings. The largest absolute Gasteiger partial charge is 0.325 e. The lowest BCUT2D eigenvalue weighted by Crippen LogP contribution is -2.37. The molecule has 1 saturated carbocycles. The lowest BCUT2D eigenvalue weighted by molar-refractivity contribution is -0.117. The van der Waals surface area contributed by atoms with E-state index in [1.54, 1.807) is 6.07 Å². The van der Waals surface area contributed by atoms with Crippen LogP contribution in [0, 0.1) is 6.92 Å². The molecule has 1 aromatic carbocycles. The number of amides is 1. The number of halogens is 1. The molecule has 3 nitrogen and oxygen atoms in total. The fourth-order valence-electron chi connectivity index (χ4n) is 2.97. The quantitative estimate of drug-likeness (QED) is 0.844. The van der Waals surface area contributed by atoms with Gasteiger partial charge in [0.1, 0.15) is 0 Å². The van der Waals surface area contributed by atoms with Gasteiger partial charge in [0.2, 0.25) is 5.91 Å². The molecule has 0 aliphatic heterocycles. The predicted molar refractivity (Wildman–Crippen MR) is 88.9 cm³/mol. The number of hydrogen-bond donors (Lipinski definition) is 1. The van der Waals surface area contributed by atoms with E-state index in [2.05, 4.69) is 17.3 Å². The van der Waals surface area contributed by atoms with Crippen molar-refractivity contribution in [3.8, 4) is 0 Å². The van der Waals surface area contributed by atoms with Gasteiger partial charge in [-0.05, 0) is 44.5 Å². The van der Waals surface area contributed by atoms with Gasteiger partial charge in [0.05, 0.1) is 6.54 Å². The van der Waals surface area contributed by atoms with Gasteiger partial charge in [-0.1, -0.05) is 43.4 Å². The maximum atomic E-state index is 12.2. The van der Waals surface area contributed by atoms with Crippen molar-refractivity contribution >= 4 is 23.2 Å². The number of carbonyl (C=O) groups is 1. The molecule has 0 atom stereocenters. The molecule has 0 spiro atoms. The highest BCUT2D eigenvalue weighted by atomic mass is 35.5. The second-order valence-corrected chi connectivity index (χ2v) is 6.50. The molecule has 0 unspecified atom stereocenters. The molecule has 0 radical (unpaired) electrons. The van der Waals surface area contributed by atoms with Gasteiger partial charge in [-0.2, -0.15) is 0 Å². The summed E-state index contributed by atoms with van der Waals surface area (Å²) < 4.78 is 0. The summed E-state index contributed by atoms with van der Waals surface area (Å²) in [7, 11) is 2.06. The van der Waals surface area contributed by atoms with Crippen LogP contribution >= 0.6 is 11.6 Å². The first kappa shape index (κ1) is 16.3. The molecule has 21 heavy (non-hydrogen) atoms. The van der Waals surface area contributed by atoms with Crippen LogP contribution < -0.4 is 5.32 Å². The second-order valence-electron chi connectivity index (χ2n) is 6.07. The summed E-state index contributed by atoms with van der Waals surface area (Å²) in [5, 5.41) is 3.62. The fraction of sp³-hybridized carbons (Fsp3) is 0.588. The number of nitrogens with one attached hydrogen (secondary N) is 1. The number of nitrogens with zero attached hydrogens (tertiary/aromatic N) is 1. The molecule has 1 fully saturated rings. The number of aryl methyl sites for hydroxylation is 1. The van der Waals surface area contributed by atoms with Gasteiger partial charge in [0.25, 0.3) is 0 Å². The zero-order chi connectivity index (χ0) is 15.2. The van der Waals surface area contributed by atoms with E-state index < -0.39 is 0 Å². The highest BCUT2D eigenvalue weighted by molar-refractivity contribution is 6.31. The first-order chi connectivity index (χ1) is 10.1. The van der Waals surface area contributed by atoms with Crippen LogP contribution in [0.25, 0.3) is 0 Å². The molecule has 116 valence electrons. The van der Waals surface area contributed by atoms with Gasteiger partial charge < -0.3 is 5.32 Å².